The summed E-state index contributed by atoms with van der Waals surface area (Å²) in [6.07, 6.45) is 9.09. The molecule has 0 spiro atoms. The van der Waals surface area contributed by atoms with Crippen LogP contribution in [0.2, 0.25) is 0 Å². The SMILES string of the molecule is CC(C)C1CN(Cc2nccs2)C(C2CCCCC2)CN1. The molecule has 1 aromatic heterocycles. The van der Waals surface area contributed by atoms with Crippen LogP contribution in [0.15, 0.2) is 11.6 Å². The molecule has 2 atom stereocenters. The molecule has 0 aromatic carbocycles. The van der Waals surface area contributed by atoms with Crippen molar-refractivity contribution in [2.45, 2.75) is 64.6 Å². The van der Waals surface area contributed by atoms with E-state index in [-0.39, 0.29) is 0 Å². The van der Waals surface area contributed by atoms with Crippen LogP contribution in [0.4, 0.5) is 0 Å². The minimum Gasteiger partial charge on any atom is -0.311 e. The number of nitrogens with zero attached hydrogens (tertiary/aromatic N) is 2. The van der Waals surface area contributed by atoms with Gasteiger partial charge in [-0.2, -0.15) is 0 Å². The van der Waals surface area contributed by atoms with E-state index in [0.717, 1.165) is 12.5 Å². The van der Waals surface area contributed by atoms with E-state index in [9.17, 15) is 0 Å². The molecule has 2 aliphatic rings. The van der Waals surface area contributed by atoms with Gasteiger partial charge in [-0.05, 0) is 24.7 Å². The Morgan fingerprint density at radius 2 is 2.14 bits per heavy atom. The highest BCUT2D eigenvalue weighted by molar-refractivity contribution is 7.09. The smallest absolute Gasteiger partial charge is 0.107 e. The Kier molecular flexibility index (Phi) is 5.30. The second-order valence-corrected chi connectivity index (χ2v) is 8.06. The molecule has 0 bridgehead atoms. The number of rotatable bonds is 4. The summed E-state index contributed by atoms with van der Waals surface area (Å²) in [7, 11) is 0. The third-order valence-electron chi connectivity index (χ3n) is 5.31. The van der Waals surface area contributed by atoms with Gasteiger partial charge in [0, 0.05) is 36.8 Å². The van der Waals surface area contributed by atoms with Gasteiger partial charge in [-0.1, -0.05) is 33.1 Å². The highest BCUT2D eigenvalue weighted by Crippen LogP contribution is 2.31. The largest absolute Gasteiger partial charge is 0.311 e. The summed E-state index contributed by atoms with van der Waals surface area (Å²) >= 11 is 1.80. The average Bonchev–Trinajstić information content (AvgIpc) is 3.01. The van der Waals surface area contributed by atoms with Crippen LogP contribution in [0.25, 0.3) is 0 Å². The summed E-state index contributed by atoms with van der Waals surface area (Å²) in [5, 5.41) is 7.20. The molecule has 3 rings (SSSR count). The van der Waals surface area contributed by atoms with Gasteiger partial charge in [0.25, 0.3) is 0 Å². The van der Waals surface area contributed by atoms with Gasteiger partial charge in [0.2, 0.25) is 0 Å². The van der Waals surface area contributed by atoms with Gasteiger partial charge in [0.05, 0.1) is 6.54 Å². The summed E-state index contributed by atoms with van der Waals surface area (Å²) in [6.45, 7) is 8.06. The molecule has 2 fully saturated rings. The van der Waals surface area contributed by atoms with Gasteiger partial charge in [-0.25, -0.2) is 4.98 Å². The summed E-state index contributed by atoms with van der Waals surface area (Å²) in [5.41, 5.74) is 0. The Morgan fingerprint density at radius 3 is 2.81 bits per heavy atom. The number of nitrogens with one attached hydrogen (secondary N) is 1. The van der Waals surface area contributed by atoms with E-state index in [1.807, 2.05) is 6.20 Å². The first-order chi connectivity index (χ1) is 10.2. The maximum Gasteiger partial charge on any atom is 0.107 e. The molecule has 4 heteroatoms. The van der Waals surface area contributed by atoms with Crippen molar-refractivity contribution in [3.8, 4) is 0 Å². The fourth-order valence-electron chi connectivity index (χ4n) is 3.97. The second kappa shape index (κ2) is 7.21. The molecule has 1 N–H and O–H groups in total. The van der Waals surface area contributed by atoms with Gasteiger partial charge >= 0.3 is 0 Å². The Morgan fingerprint density at radius 1 is 1.33 bits per heavy atom. The van der Waals surface area contributed by atoms with Crippen LogP contribution in [0, 0.1) is 11.8 Å². The van der Waals surface area contributed by atoms with Crippen LogP contribution in [0.5, 0.6) is 0 Å². The van der Waals surface area contributed by atoms with Crippen molar-refractivity contribution in [1.29, 1.82) is 0 Å². The molecule has 1 aromatic rings. The van der Waals surface area contributed by atoms with Crippen LogP contribution < -0.4 is 5.32 Å². The summed E-state index contributed by atoms with van der Waals surface area (Å²) in [6, 6.07) is 1.34. The molecule has 118 valence electrons. The van der Waals surface area contributed by atoms with Gasteiger partial charge in [0.15, 0.2) is 0 Å². The van der Waals surface area contributed by atoms with Crippen molar-refractivity contribution in [3.63, 3.8) is 0 Å². The van der Waals surface area contributed by atoms with E-state index in [2.05, 4.69) is 34.4 Å². The molecule has 2 heterocycles. The minimum atomic E-state index is 0.629. The fourth-order valence-corrected chi connectivity index (χ4v) is 4.61. The predicted octanol–water partition coefficient (Wildman–Crippen LogP) is 3.52. The molecule has 3 nitrogen and oxygen atoms in total. The monoisotopic (exact) mass is 307 g/mol. The molecule has 0 amide bonds. The van der Waals surface area contributed by atoms with Crippen LogP contribution in [-0.2, 0) is 6.54 Å². The topological polar surface area (TPSA) is 28.2 Å². The molecule has 0 radical (unpaired) electrons. The number of hydrogen-bond acceptors (Lipinski definition) is 4. The van der Waals surface area contributed by atoms with Crippen LogP contribution in [-0.4, -0.2) is 35.1 Å². The molecular formula is C17H29N3S. The zero-order valence-corrected chi connectivity index (χ0v) is 14.2. The molecule has 1 saturated carbocycles. The number of aromatic nitrogens is 1. The quantitative estimate of drug-likeness (QED) is 0.922. The zero-order valence-electron chi connectivity index (χ0n) is 13.4. The molecule has 1 saturated heterocycles. The average molecular weight is 308 g/mol. The van der Waals surface area contributed by atoms with Crippen LogP contribution >= 0.6 is 11.3 Å². The van der Waals surface area contributed by atoms with Crippen molar-refractivity contribution in [2.75, 3.05) is 13.1 Å². The van der Waals surface area contributed by atoms with E-state index < -0.39 is 0 Å². The van der Waals surface area contributed by atoms with Crippen molar-refractivity contribution in [1.82, 2.24) is 15.2 Å². The normalized spacial score (nSPS) is 29.1. The lowest BCUT2D eigenvalue weighted by Gasteiger charge is -2.45. The highest BCUT2D eigenvalue weighted by atomic mass is 32.1. The molecule has 2 unspecified atom stereocenters. The zero-order chi connectivity index (χ0) is 14.7. The summed E-state index contributed by atoms with van der Waals surface area (Å²) < 4.78 is 0. The van der Waals surface area contributed by atoms with Crippen molar-refractivity contribution in [3.05, 3.63) is 16.6 Å². The maximum atomic E-state index is 4.52. The van der Waals surface area contributed by atoms with E-state index in [4.69, 9.17) is 0 Å². The van der Waals surface area contributed by atoms with Crippen LogP contribution in [0.3, 0.4) is 0 Å². The number of piperazine rings is 1. The standard InChI is InChI=1S/C17H29N3S/c1-13(2)15-11-20(12-17-18-8-9-21-17)16(10-19-15)14-6-4-3-5-7-14/h8-9,13-16,19H,3-7,10-12H2,1-2H3. The summed E-state index contributed by atoms with van der Waals surface area (Å²) in [4.78, 5) is 7.25. The van der Waals surface area contributed by atoms with Crippen molar-refractivity contribution < 1.29 is 0 Å². The van der Waals surface area contributed by atoms with E-state index in [1.165, 1.54) is 50.2 Å². The Hall–Kier alpha value is -0.450. The summed E-state index contributed by atoms with van der Waals surface area (Å²) in [5.74, 6) is 1.59. The molecule has 1 aliphatic heterocycles. The fraction of sp³-hybridized carbons (Fsp3) is 0.824. The first-order valence-electron chi connectivity index (χ1n) is 8.60. The molecule has 1 aliphatic carbocycles. The first kappa shape index (κ1) is 15.4. The predicted molar refractivity (Wildman–Crippen MR) is 89.5 cm³/mol. The van der Waals surface area contributed by atoms with E-state index in [1.54, 1.807) is 11.3 Å². The van der Waals surface area contributed by atoms with Crippen molar-refractivity contribution in [2.24, 2.45) is 11.8 Å². The second-order valence-electron chi connectivity index (χ2n) is 7.08. The van der Waals surface area contributed by atoms with Crippen molar-refractivity contribution >= 4 is 11.3 Å². The molecule has 21 heavy (non-hydrogen) atoms. The Balaban J connectivity index is 1.70. The van der Waals surface area contributed by atoms with Gasteiger partial charge in [0.1, 0.15) is 5.01 Å². The Labute approximate surface area is 133 Å². The van der Waals surface area contributed by atoms with Gasteiger partial charge in [-0.15, -0.1) is 11.3 Å². The highest BCUT2D eigenvalue weighted by Gasteiger charge is 2.34. The Bertz CT molecular complexity index is 412. The first-order valence-corrected chi connectivity index (χ1v) is 9.48. The minimum absolute atomic E-state index is 0.629. The molecular weight excluding hydrogens is 278 g/mol. The third-order valence-corrected chi connectivity index (χ3v) is 6.07. The van der Waals surface area contributed by atoms with Crippen LogP contribution in [0.1, 0.15) is 51.0 Å². The number of hydrogen-bond donors (Lipinski definition) is 1. The third kappa shape index (κ3) is 3.85. The van der Waals surface area contributed by atoms with E-state index >= 15 is 0 Å². The lowest BCUT2D eigenvalue weighted by Crippen LogP contribution is -2.60. The lowest BCUT2D eigenvalue weighted by atomic mass is 9.81. The van der Waals surface area contributed by atoms with Gasteiger partial charge < -0.3 is 5.32 Å². The van der Waals surface area contributed by atoms with Gasteiger partial charge in [-0.3, -0.25) is 4.90 Å². The maximum absolute atomic E-state index is 4.52. The van der Waals surface area contributed by atoms with E-state index in [0.29, 0.717) is 18.0 Å². The number of thiazole rings is 1. The lowest BCUT2D eigenvalue weighted by molar-refractivity contribution is 0.0552.